The molecule has 0 aliphatic carbocycles. The number of rotatable bonds is 3. The number of aliphatic hydroxyl groups excluding tert-OH is 1. The molecule has 0 aromatic heterocycles. The molecule has 0 amide bonds. The van der Waals surface area contributed by atoms with Crippen LogP contribution in [0, 0.1) is 5.82 Å². The molecule has 1 aromatic carbocycles. The normalized spacial score (nSPS) is 21.4. The van der Waals surface area contributed by atoms with E-state index >= 15 is 0 Å². The summed E-state index contributed by atoms with van der Waals surface area (Å²) in [7, 11) is -3.77. The zero-order valence-corrected chi connectivity index (χ0v) is 11.0. The van der Waals surface area contributed by atoms with E-state index in [0.717, 1.165) is 18.9 Å². The number of hydrogen-bond acceptors (Lipinski definition) is 3. The lowest BCUT2D eigenvalue weighted by atomic mass is 10.2. The molecule has 0 radical (unpaired) electrons. The molecule has 1 atom stereocenters. The van der Waals surface area contributed by atoms with E-state index in [0.29, 0.717) is 12.1 Å². The molecule has 100 valence electrons. The Morgan fingerprint density at radius 3 is 2.72 bits per heavy atom. The van der Waals surface area contributed by atoms with Crippen LogP contribution in [-0.2, 0) is 16.6 Å². The Balaban J connectivity index is 2.41. The molecule has 18 heavy (non-hydrogen) atoms. The fourth-order valence-electron chi connectivity index (χ4n) is 2.24. The minimum absolute atomic E-state index is 0.0908. The first-order valence-electron chi connectivity index (χ1n) is 5.88. The highest BCUT2D eigenvalue weighted by Gasteiger charge is 2.34. The van der Waals surface area contributed by atoms with Crippen molar-refractivity contribution in [3.8, 4) is 0 Å². The summed E-state index contributed by atoms with van der Waals surface area (Å²) in [5.41, 5.74) is 0.362. The Hall–Kier alpha value is -0.980. The largest absolute Gasteiger partial charge is 0.392 e. The summed E-state index contributed by atoms with van der Waals surface area (Å²) in [6.07, 6.45) is 1.60. The maximum absolute atomic E-state index is 13.8. The molecule has 0 saturated carbocycles. The van der Waals surface area contributed by atoms with E-state index in [2.05, 4.69) is 0 Å². The Kier molecular flexibility index (Phi) is 3.70. The first-order chi connectivity index (χ1) is 8.46. The summed E-state index contributed by atoms with van der Waals surface area (Å²) >= 11 is 0. The molecule has 6 heteroatoms. The first kappa shape index (κ1) is 13.5. The van der Waals surface area contributed by atoms with Gasteiger partial charge in [-0.15, -0.1) is 0 Å². The highest BCUT2D eigenvalue weighted by atomic mass is 32.2. The zero-order chi connectivity index (χ0) is 13.3. The molecule has 1 aliphatic heterocycles. The smallest absolute Gasteiger partial charge is 0.246 e. The maximum atomic E-state index is 13.8. The lowest BCUT2D eigenvalue weighted by molar-refractivity contribution is 0.281. The second-order valence-electron chi connectivity index (χ2n) is 4.53. The van der Waals surface area contributed by atoms with Gasteiger partial charge in [0.2, 0.25) is 10.0 Å². The molecule has 1 fully saturated rings. The van der Waals surface area contributed by atoms with Crippen molar-refractivity contribution in [3.05, 3.63) is 29.6 Å². The highest BCUT2D eigenvalue weighted by Crippen LogP contribution is 2.27. The van der Waals surface area contributed by atoms with Crippen LogP contribution in [0.15, 0.2) is 23.1 Å². The number of hydrogen-bond donors (Lipinski definition) is 1. The monoisotopic (exact) mass is 273 g/mol. The number of sulfonamides is 1. The van der Waals surface area contributed by atoms with Gasteiger partial charge in [-0.05, 0) is 37.5 Å². The van der Waals surface area contributed by atoms with E-state index < -0.39 is 15.8 Å². The van der Waals surface area contributed by atoms with Crippen LogP contribution in [0.3, 0.4) is 0 Å². The fraction of sp³-hybridized carbons (Fsp3) is 0.500. The van der Waals surface area contributed by atoms with Crippen LogP contribution >= 0.6 is 0 Å². The molecule has 1 heterocycles. The lowest BCUT2D eigenvalue weighted by Crippen LogP contribution is -2.34. The van der Waals surface area contributed by atoms with Crippen molar-refractivity contribution in [2.45, 2.75) is 37.3 Å². The summed E-state index contributed by atoms with van der Waals surface area (Å²) in [6, 6.07) is 3.62. The van der Waals surface area contributed by atoms with Crippen LogP contribution in [0.4, 0.5) is 4.39 Å². The average Bonchev–Trinajstić information content (AvgIpc) is 2.75. The van der Waals surface area contributed by atoms with Gasteiger partial charge in [0.05, 0.1) is 6.61 Å². The van der Waals surface area contributed by atoms with Crippen molar-refractivity contribution in [2.75, 3.05) is 6.54 Å². The van der Waals surface area contributed by atoms with Crippen LogP contribution in [0.5, 0.6) is 0 Å². The molecule has 1 saturated heterocycles. The summed E-state index contributed by atoms with van der Waals surface area (Å²) in [5, 5.41) is 8.88. The van der Waals surface area contributed by atoms with Gasteiger partial charge in [0.25, 0.3) is 0 Å². The predicted octanol–water partition coefficient (Wildman–Crippen LogP) is 1.49. The number of aliphatic hydroxyl groups is 1. The Morgan fingerprint density at radius 1 is 1.50 bits per heavy atom. The average molecular weight is 273 g/mol. The fourth-order valence-corrected chi connectivity index (χ4v) is 3.99. The van der Waals surface area contributed by atoms with Crippen molar-refractivity contribution >= 4 is 10.0 Å². The van der Waals surface area contributed by atoms with Gasteiger partial charge < -0.3 is 5.11 Å². The number of benzene rings is 1. The molecule has 0 bridgehead atoms. The number of nitrogens with zero attached hydrogens (tertiary/aromatic N) is 1. The van der Waals surface area contributed by atoms with E-state index in [4.69, 9.17) is 5.11 Å². The van der Waals surface area contributed by atoms with Crippen molar-refractivity contribution in [1.82, 2.24) is 4.31 Å². The maximum Gasteiger partial charge on any atom is 0.246 e. The predicted molar refractivity (Wildman–Crippen MR) is 64.9 cm³/mol. The van der Waals surface area contributed by atoms with Crippen LogP contribution in [0.25, 0.3) is 0 Å². The molecule has 1 aromatic rings. The second kappa shape index (κ2) is 4.95. The van der Waals surface area contributed by atoms with Gasteiger partial charge in [-0.2, -0.15) is 4.31 Å². The van der Waals surface area contributed by atoms with Crippen LogP contribution in [0.2, 0.25) is 0 Å². The molecule has 2 rings (SSSR count). The summed E-state index contributed by atoms with van der Waals surface area (Å²) < 4.78 is 39.7. The van der Waals surface area contributed by atoms with E-state index in [-0.39, 0.29) is 17.5 Å². The van der Waals surface area contributed by atoms with E-state index in [1.54, 1.807) is 0 Å². The third kappa shape index (κ3) is 2.28. The van der Waals surface area contributed by atoms with Gasteiger partial charge >= 0.3 is 0 Å². The van der Waals surface area contributed by atoms with Gasteiger partial charge in [-0.3, -0.25) is 0 Å². The molecule has 0 spiro atoms. The molecule has 1 N–H and O–H groups in total. The Morgan fingerprint density at radius 2 is 2.22 bits per heavy atom. The van der Waals surface area contributed by atoms with Crippen LogP contribution < -0.4 is 0 Å². The zero-order valence-electron chi connectivity index (χ0n) is 10.1. The van der Waals surface area contributed by atoms with Crippen LogP contribution in [0.1, 0.15) is 25.3 Å². The van der Waals surface area contributed by atoms with Crippen molar-refractivity contribution in [1.29, 1.82) is 0 Å². The molecule has 4 nitrogen and oxygen atoms in total. The van der Waals surface area contributed by atoms with Gasteiger partial charge in [-0.25, -0.2) is 12.8 Å². The highest BCUT2D eigenvalue weighted by molar-refractivity contribution is 7.89. The van der Waals surface area contributed by atoms with Gasteiger partial charge in [0, 0.05) is 12.6 Å². The SMILES string of the molecule is CC1CCCN1S(=O)(=O)c1ccc(CO)cc1F. The molecule has 1 aliphatic rings. The first-order valence-corrected chi connectivity index (χ1v) is 7.32. The van der Waals surface area contributed by atoms with Crippen molar-refractivity contribution < 1.29 is 17.9 Å². The van der Waals surface area contributed by atoms with E-state index in [9.17, 15) is 12.8 Å². The standard InChI is InChI=1S/C12H16FNO3S/c1-9-3-2-6-14(9)18(16,17)12-5-4-10(8-15)7-11(12)13/h4-5,7,9,15H,2-3,6,8H2,1H3. The van der Waals surface area contributed by atoms with Gasteiger partial charge in [-0.1, -0.05) is 6.07 Å². The molecular formula is C12H16FNO3S. The third-order valence-corrected chi connectivity index (χ3v) is 5.30. The summed E-state index contributed by atoms with van der Waals surface area (Å²) in [4.78, 5) is -0.312. The molecule has 1 unspecified atom stereocenters. The third-order valence-electron chi connectivity index (χ3n) is 3.26. The van der Waals surface area contributed by atoms with E-state index in [1.165, 1.54) is 16.4 Å². The summed E-state index contributed by atoms with van der Waals surface area (Å²) in [5.74, 6) is -0.805. The number of halogens is 1. The second-order valence-corrected chi connectivity index (χ2v) is 6.39. The van der Waals surface area contributed by atoms with Gasteiger partial charge in [0.15, 0.2) is 0 Å². The Bertz CT molecular complexity index is 544. The summed E-state index contributed by atoms with van der Waals surface area (Å²) in [6.45, 7) is 1.95. The minimum Gasteiger partial charge on any atom is -0.392 e. The lowest BCUT2D eigenvalue weighted by Gasteiger charge is -2.21. The van der Waals surface area contributed by atoms with Gasteiger partial charge in [0.1, 0.15) is 10.7 Å². The topological polar surface area (TPSA) is 57.6 Å². The van der Waals surface area contributed by atoms with Crippen molar-refractivity contribution in [2.24, 2.45) is 0 Å². The molecular weight excluding hydrogens is 257 g/mol. The van der Waals surface area contributed by atoms with Crippen molar-refractivity contribution in [3.63, 3.8) is 0 Å². The van der Waals surface area contributed by atoms with E-state index in [1.807, 2.05) is 6.92 Å². The quantitative estimate of drug-likeness (QED) is 0.907. The minimum atomic E-state index is -3.77. The Labute approximate surface area is 106 Å². The van der Waals surface area contributed by atoms with Crippen LogP contribution in [-0.4, -0.2) is 30.4 Å².